The van der Waals surface area contributed by atoms with Crippen molar-refractivity contribution in [1.29, 1.82) is 0 Å². The molecule has 1 N–H and O–H groups in total. The van der Waals surface area contributed by atoms with Crippen LogP contribution in [0.4, 0.5) is 0 Å². The van der Waals surface area contributed by atoms with Crippen molar-refractivity contribution in [3.05, 3.63) is 58.1 Å². The number of hydrogen-bond donors (Lipinski definition) is 1. The highest BCUT2D eigenvalue weighted by Gasteiger charge is 2.11. The van der Waals surface area contributed by atoms with E-state index < -0.39 is 5.97 Å². The lowest BCUT2D eigenvalue weighted by molar-refractivity contribution is 0.0693. The van der Waals surface area contributed by atoms with Crippen LogP contribution >= 0.6 is 27.7 Å². The van der Waals surface area contributed by atoms with E-state index in [-0.39, 0.29) is 0 Å². The fraction of sp³-hybridized carbons (Fsp3) is 0.0714. The van der Waals surface area contributed by atoms with E-state index in [9.17, 15) is 9.90 Å². The fourth-order valence-corrected chi connectivity index (χ4v) is 2.77. The van der Waals surface area contributed by atoms with E-state index in [0.29, 0.717) is 5.56 Å². The van der Waals surface area contributed by atoms with Gasteiger partial charge in [-0.25, -0.2) is 4.79 Å². The maximum atomic E-state index is 11.2. The van der Waals surface area contributed by atoms with Gasteiger partial charge in [0.05, 0.1) is 5.56 Å². The molecule has 0 aliphatic rings. The lowest BCUT2D eigenvalue weighted by atomic mass is 10.2. The first-order valence-electron chi connectivity index (χ1n) is 5.33. The molecule has 92 valence electrons. The third-order valence-electron chi connectivity index (χ3n) is 2.42. The second-order valence-electron chi connectivity index (χ2n) is 3.86. The van der Waals surface area contributed by atoms with Crippen LogP contribution in [0.2, 0.25) is 0 Å². The molecule has 0 saturated heterocycles. The molecule has 2 aromatic carbocycles. The van der Waals surface area contributed by atoms with Gasteiger partial charge >= 0.3 is 5.97 Å². The Balaban J connectivity index is 2.34. The smallest absolute Gasteiger partial charge is 0.336 e. The SMILES string of the molecule is Cc1ccc(Sc2ccc(Br)cc2C(=O)O)cc1. The molecule has 18 heavy (non-hydrogen) atoms. The number of carboxylic acid groups (broad SMARTS) is 1. The van der Waals surface area contributed by atoms with Crippen LogP contribution < -0.4 is 0 Å². The number of rotatable bonds is 3. The summed E-state index contributed by atoms with van der Waals surface area (Å²) in [5.74, 6) is -0.911. The van der Waals surface area contributed by atoms with Crippen molar-refractivity contribution in [3.8, 4) is 0 Å². The first-order valence-corrected chi connectivity index (χ1v) is 6.94. The molecule has 2 nitrogen and oxygen atoms in total. The van der Waals surface area contributed by atoms with Crippen LogP contribution in [-0.2, 0) is 0 Å². The van der Waals surface area contributed by atoms with Gasteiger partial charge in [-0.2, -0.15) is 0 Å². The molecule has 0 fully saturated rings. The summed E-state index contributed by atoms with van der Waals surface area (Å²) in [5.41, 5.74) is 1.50. The molecule has 0 aromatic heterocycles. The number of halogens is 1. The standard InChI is InChI=1S/C14H11BrO2S/c1-9-2-5-11(6-3-9)18-13-7-4-10(15)8-12(13)14(16)17/h2-8H,1H3,(H,16,17). The number of benzene rings is 2. The predicted molar refractivity (Wildman–Crippen MR) is 76.4 cm³/mol. The van der Waals surface area contributed by atoms with Gasteiger partial charge in [-0.15, -0.1) is 0 Å². The summed E-state index contributed by atoms with van der Waals surface area (Å²) in [6.45, 7) is 2.02. The first kappa shape index (κ1) is 13.2. The maximum absolute atomic E-state index is 11.2. The van der Waals surface area contributed by atoms with Gasteiger partial charge in [-0.1, -0.05) is 45.4 Å². The molecule has 4 heteroatoms. The monoisotopic (exact) mass is 322 g/mol. The average Bonchev–Trinajstić information content (AvgIpc) is 2.34. The Morgan fingerprint density at radius 1 is 1.17 bits per heavy atom. The van der Waals surface area contributed by atoms with Crippen LogP contribution in [0.1, 0.15) is 15.9 Å². The topological polar surface area (TPSA) is 37.3 Å². The minimum Gasteiger partial charge on any atom is -0.478 e. The summed E-state index contributed by atoms with van der Waals surface area (Å²) in [4.78, 5) is 13.0. The minimum absolute atomic E-state index is 0.315. The molecule has 0 amide bonds. The molecule has 0 unspecified atom stereocenters. The molecular formula is C14H11BrO2S. The van der Waals surface area contributed by atoms with Crippen molar-refractivity contribution >= 4 is 33.7 Å². The van der Waals surface area contributed by atoms with E-state index in [0.717, 1.165) is 14.3 Å². The molecular weight excluding hydrogens is 312 g/mol. The molecule has 0 aliphatic heterocycles. The molecule has 0 radical (unpaired) electrons. The van der Waals surface area contributed by atoms with Gasteiger partial charge in [0.2, 0.25) is 0 Å². The Labute approximate surface area is 118 Å². The average molecular weight is 323 g/mol. The number of carboxylic acids is 1. The van der Waals surface area contributed by atoms with Gasteiger partial charge in [0.1, 0.15) is 0 Å². The Morgan fingerprint density at radius 3 is 2.44 bits per heavy atom. The highest BCUT2D eigenvalue weighted by Crippen LogP contribution is 2.32. The summed E-state index contributed by atoms with van der Waals surface area (Å²) in [5, 5.41) is 9.18. The zero-order chi connectivity index (χ0) is 13.1. The number of carbonyl (C=O) groups is 1. The van der Waals surface area contributed by atoms with Gasteiger partial charge in [-0.05, 0) is 37.3 Å². The second-order valence-corrected chi connectivity index (χ2v) is 5.89. The Bertz CT molecular complexity index is 579. The van der Waals surface area contributed by atoms with Crippen LogP contribution in [0.3, 0.4) is 0 Å². The van der Waals surface area contributed by atoms with Crippen molar-refractivity contribution in [2.24, 2.45) is 0 Å². The molecule has 0 spiro atoms. The van der Waals surface area contributed by atoms with E-state index in [1.165, 1.54) is 17.3 Å². The van der Waals surface area contributed by atoms with Crippen molar-refractivity contribution in [2.45, 2.75) is 16.7 Å². The van der Waals surface area contributed by atoms with E-state index in [1.807, 2.05) is 43.3 Å². The van der Waals surface area contributed by atoms with E-state index in [1.54, 1.807) is 6.07 Å². The van der Waals surface area contributed by atoms with Crippen molar-refractivity contribution in [1.82, 2.24) is 0 Å². The number of aromatic carboxylic acids is 1. The number of aryl methyl sites for hydroxylation is 1. The van der Waals surface area contributed by atoms with E-state index >= 15 is 0 Å². The molecule has 0 aliphatic carbocycles. The van der Waals surface area contributed by atoms with E-state index in [4.69, 9.17) is 0 Å². The van der Waals surface area contributed by atoms with Crippen LogP contribution in [0.15, 0.2) is 56.7 Å². The Morgan fingerprint density at radius 2 is 1.83 bits per heavy atom. The van der Waals surface area contributed by atoms with Crippen molar-refractivity contribution in [3.63, 3.8) is 0 Å². The van der Waals surface area contributed by atoms with Crippen LogP contribution in [0.5, 0.6) is 0 Å². The van der Waals surface area contributed by atoms with Crippen LogP contribution in [-0.4, -0.2) is 11.1 Å². The van der Waals surface area contributed by atoms with Crippen molar-refractivity contribution in [2.75, 3.05) is 0 Å². The van der Waals surface area contributed by atoms with Crippen molar-refractivity contribution < 1.29 is 9.90 Å². The normalized spacial score (nSPS) is 10.3. The van der Waals surface area contributed by atoms with Gasteiger partial charge in [0.25, 0.3) is 0 Å². The van der Waals surface area contributed by atoms with Gasteiger partial charge in [0.15, 0.2) is 0 Å². The van der Waals surface area contributed by atoms with Gasteiger partial charge in [-0.3, -0.25) is 0 Å². The molecule has 2 aromatic rings. The third-order valence-corrected chi connectivity index (χ3v) is 4.00. The predicted octanol–water partition coefficient (Wildman–Crippen LogP) is 4.61. The molecule has 2 rings (SSSR count). The highest BCUT2D eigenvalue weighted by atomic mass is 79.9. The minimum atomic E-state index is -0.911. The lowest BCUT2D eigenvalue weighted by Crippen LogP contribution is -1.98. The number of hydrogen-bond acceptors (Lipinski definition) is 2. The summed E-state index contributed by atoms with van der Waals surface area (Å²) >= 11 is 4.75. The first-order chi connectivity index (χ1) is 8.56. The zero-order valence-electron chi connectivity index (χ0n) is 9.68. The summed E-state index contributed by atoms with van der Waals surface area (Å²) in [6, 6.07) is 13.3. The zero-order valence-corrected chi connectivity index (χ0v) is 12.1. The fourth-order valence-electron chi connectivity index (χ4n) is 1.49. The lowest BCUT2D eigenvalue weighted by Gasteiger charge is -2.06. The maximum Gasteiger partial charge on any atom is 0.336 e. The summed E-state index contributed by atoms with van der Waals surface area (Å²) in [7, 11) is 0. The van der Waals surface area contributed by atoms with Gasteiger partial charge < -0.3 is 5.11 Å². The Hall–Kier alpha value is -1.26. The molecule has 0 saturated carbocycles. The Kier molecular flexibility index (Phi) is 4.09. The summed E-state index contributed by atoms with van der Waals surface area (Å²) in [6.07, 6.45) is 0. The van der Waals surface area contributed by atoms with E-state index in [2.05, 4.69) is 15.9 Å². The van der Waals surface area contributed by atoms with Crippen LogP contribution in [0, 0.1) is 6.92 Å². The quantitative estimate of drug-likeness (QED) is 0.896. The molecule has 0 bridgehead atoms. The molecule has 0 heterocycles. The largest absolute Gasteiger partial charge is 0.478 e. The molecule has 0 atom stereocenters. The summed E-state index contributed by atoms with van der Waals surface area (Å²) < 4.78 is 0.771. The third kappa shape index (κ3) is 3.15. The second kappa shape index (κ2) is 5.59. The van der Waals surface area contributed by atoms with Crippen LogP contribution in [0.25, 0.3) is 0 Å². The highest BCUT2D eigenvalue weighted by molar-refractivity contribution is 9.10. The van der Waals surface area contributed by atoms with Gasteiger partial charge in [0, 0.05) is 14.3 Å².